The number of hydrogen-bond acceptors (Lipinski definition) is 6. The highest BCUT2D eigenvalue weighted by Crippen LogP contribution is 2.22. The van der Waals surface area contributed by atoms with E-state index in [9.17, 15) is 14.4 Å². The Bertz CT molecular complexity index is 888. The number of aryl methyl sites for hydroxylation is 1. The number of ether oxygens (including phenoxy) is 2. The number of nitrogens with one attached hydrogen (secondary N) is 1. The van der Waals surface area contributed by atoms with E-state index in [2.05, 4.69) is 4.98 Å². The zero-order chi connectivity index (χ0) is 19.6. The first kappa shape index (κ1) is 19.5. The molecule has 1 aromatic heterocycles. The molecule has 0 spiro atoms. The number of nitrogen functional groups attached to an aromatic ring is 1. The average Bonchev–Trinajstić information content (AvgIpc) is 2.87. The van der Waals surface area contributed by atoms with Gasteiger partial charge in [-0.2, -0.15) is 0 Å². The van der Waals surface area contributed by atoms with Gasteiger partial charge in [0.15, 0.2) is 6.10 Å². The van der Waals surface area contributed by atoms with Crippen LogP contribution in [-0.4, -0.2) is 35.9 Å². The van der Waals surface area contributed by atoms with E-state index in [1.54, 1.807) is 13.8 Å². The van der Waals surface area contributed by atoms with Gasteiger partial charge >= 0.3 is 11.9 Å². The van der Waals surface area contributed by atoms with Gasteiger partial charge in [-0.1, -0.05) is 11.6 Å². The lowest BCUT2D eigenvalue weighted by Gasteiger charge is -2.13. The summed E-state index contributed by atoms with van der Waals surface area (Å²) in [5, 5.41) is 0.385. The average molecular weight is 379 g/mol. The number of hydrogen-bond donors (Lipinski definition) is 2. The van der Waals surface area contributed by atoms with Crippen molar-refractivity contribution in [1.82, 2.24) is 4.98 Å². The molecule has 0 saturated heterocycles. The molecule has 0 aliphatic rings. The maximum Gasteiger partial charge on any atom is 0.340 e. The number of halogens is 1. The minimum absolute atomic E-state index is 0.115. The van der Waals surface area contributed by atoms with Gasteiger partial charge in [0, 0.05) is 16.4 Å². The molecule has 3 N–H and O–H groups in total. The Balaban J connectivity index is 2.22. The minimum atomic E-state index is -1.08. The van der Waals surface area contributed by atoms with Crippen LogP contribution in [0.15, 0.2) is 18.2 Å². The number of nitrogens with two attached hydrogens (primary N) is 1. The van der Waals surface area contributed by atoms with Gasteiger partial charge in [0.1, 0.15) is 0 Å². The fourth-order valence-electron chi connectivity index (χ4n) is 2.60. The molecule has 0 amide bonds. The summed E-state index contributed by atoms with van der Waals surface area (Å²) < 4.78 is 9.93. The van der Waals surface area contributed by atoms with Crippen LogP contribution in [0.5, 0.6) is 0 Å². The van der Waals surface area contributed by atoms with Crippen LogP contribution in [0.3, 0.4) is 0 Å². The number of aromatic nitrogens is 1. The third-order valence-electron chi connectivity index (χ3n) is 3.96. The van der Waals surface area contributed by atoms with Crippen LogP contribution in [0.1, 0.15) is 49.4 Å². The molecule has 0 aliphatic heterocycles. The molecule has 2 rings (SSSR count). The quantitative estimate of drug-likeness (QED) is 0.469. The van der Waals surface area contributed by atoms with Gasteiger partial charge in [-0.05, 0) is 44.5 Å². The second kappa shape index (κ2) is 7.61. The lowest BCUT2D eigenvalue weighted by atomic mass is 10.1. The summed E-state index contributed by atoms with van der Waals surface area (Å²) in [4.78, 5) is 39.6. The number of carbonyl (C=O) groups is 3. The monoisotopic (exact) mass is 378 g/mol. The van der Waals surface area contributed by atoms with Gasteiger partial charge in [-0.25, -0.2) is 9.59 Å². The predicted octanol–water partition coefficient (Wildman–Crippen LogP) is 3.08. The van der Waals surface area contributed by atoms with Crippen molar-refractivity contribution >= 4 is 35.0 Å². The van der Waals surface area contributed by atoms with Crippen LogP contribution in [0.4, 0.5) is 5.69 Å². The molecule has 1 atom stereocenters. The minimum Gasteiger partial charge on any atom is -0.465 e. The Labute approximate surface area is 155 Å². The lowest BCUT2D eigenvalue weighted by molar-refractivity contribution is 0.0317. The smallest absolute Gasteiger partial charge is 0.340 e. The highest BCUT2D eigenvalue weighted by Gasteiger charge is 2.28. The number of benzene rings is 1. The number of esters is 2. The van der Waals surface area contributed by atoms with Crippen molar-refractivity contribution in [3.63, 3.8) is 0 Å². The number of ketones is 1. The van der Waals surface area contributed by atoms with E-state index in [1.807, 2.05) is 0 Å². The molecule has 2 aromatic rings. The van der Waals surface area contributed by atoms with Crippen LogP contribution in [0.2, 0.25) is 5.02 Å². The number of anilines is 1. The summed E-state index contributed by atoms with van der Waals surface area (Å²) in [5.41, 5.74) is 7.43. The Hall–Kier alpha value is -2.80. The summed E-state index contributed by atoms with van der Waals surface area (Å²) >= 11 is 5.80. The van der Waals surface area contributed by atoms with Crippen LogP contribution in [0, 0.1) is 13.8 Å². The van der Waals surface area contributed by atoms with E-state index >= 15 is 0 Å². The standard InChI is InChI=1S/C18H19ClN2O5/c1-8-14(18(24)25-4)9(2)21-15(8)16(22)10(3)26-17(23)12-6-5-11(19)7-13(12)20/h5-7,10,21H,20H2,1-4H3. The highest BCUT2D eigenvalue weighted by atomic mass is 35.5. The molecule has 0 aliphatic carbocycles. The van der Waals surface area contributed by atoms with Gasteiger partial charge in [0.25, 0.3) is 0 Å². The molecule has 7 nitrogen and oxygen atoms in total. The van der Waals surface area contributed by atoms with Crippen LogP contribution >= 0.6 is 11.6 Å². The van der Waals surface area contributed by atoms with E-state index in [0.29, 0.717) is 16.3 Å². The fourth-order valence-corrected chi connectivity index (χ4v) is 2.79. The Morgan fingerprint density at radius 3 is 2.42 bits per heavy atom. The van der Waals surface area contributed by atoms with E-state index in [1.165, 1.54) is 32.2 Å². The molecule has 26 heavy (non-hydrogen) atoms. The maximum atomic E-state index is 12.6. The maximum absolute atomic E-state index is 12.6. The summed E-state index contributed by atoms with van der Waals surface area (Å²) in [5.74, 6) is -1.76. The van der Waals surface area contributed by atoms with Crippen molar-refractivity contribution in [2.75, 3.05) is 12.8 Å². The SMILES string of the molecule is COC(=O)c1c(C)[nH]c(C(=O)C(C)OC(=O)c2ccc(Cl)cc2N)c1C. The summed E-state index contributed by atoms with van der Waals surface area (Å²) in [6, 6.07) is 4.35. The Kier molecular flexibility index (Phi) is 5.72. The third-order valence-corrected chi connectivity index (χ3v) is 4.20. The molecule has 0 fully saturated rings. The molecule has 1 aromatic carbocycles. The third kappa shape index (κ3) is 3.72. The van der Waals surface area contributed by atoms with Gasteiger partial charge in [-0.15, -0.1) is 0 Å². The molecule has 1 unspecified atom stereocenters. The van der Waals surface area contributed by atoms with E-state index in [0.717, 1.165) is 0 Å². The van der Waals surface area contributed by atoms with Crippen molar-refractivity contribution in [1.29, 1.82) is 0 Å². The first-order chi connectivity index (χ1) is 12.2. The molecule has 0 bridgehead atoms. The van der Waals surface area contributed by atoms with E-state index < -0.39 is 23.8 Å². The van der Waals surface area contributed by atoms with Gasteiger partial charge in [0.05, 0.1) is 23.9 Å². The summed E-state index contributed by atoms with van der Waals surface area (Å²) in [7, 11) is 1.26. The molecular weight excluding hydrogens is 360 g/mol. The van der Waals surface area contributed by atoms with Crippen molar-refractivity contribution in [3.05, 3.63) is 51.3 Å². The zero-order valence-electron chi connectivity index (χ0n) is 14.8. The molecule has 0 radical (unpaired) electrons. The second-order valence-electron chi connectivity index (χ2n) is 5.76. The van der Waals surface area contributed by atoms with Crippen LogP contribution in [0.25, 0.3) is 0 Å². The second-order valence-corrected chi connectivity index (χ2v) is 6.20. The molecular formula is C18H19ClN2O5. The van der Waals surface area contributed by atoms with Crippen LogP contribution in [-0.2, 0) is 9.47 Å². The fraction of sp³-hybridized carbons (Fsp3) is 0.278. The summed E-state index contributed by atoms with van der Waals surface area (Å²) in [6.45, 7) is 4.72. The number of carbonyl (C=O) groups excluding carboxylic acids is 3. The van der Waals surface area contributed by atoms with E-state index in [-0.39, 0.29) is 22.5 Å². The number of Topliss-reactive ketones (excluding diaryl/α,β-unsaturated/α-hetero) is 1. The predicted molar refractivity (Wildman–Crippen MR) is 96.7 cm³/mol. The number of aromatic amines is 1. The highest BCUT2D eigenvalue weighted by molar-refractivity contribution is 6.31. The number of methoxy groups -OCH3 is 1. The molecule has 8 heteroatoms. The van der Waals surface area contributed by atoms with Crippen molar-refractivity contribution in [2.24, 2.45) is 0 Å². The van der Waals surface area contributed by atoms with Gasteiger partial charge < -0.3 is 20.2 Å². The summed E-state index contributed by atoms with van der Waals surface area (Å²) in [6.07, 6.45) is -1.08. The van der Waals surface area contributed by atoms with Gasteiger partial charge in [-0.3, -0.25) is 4.79 Å². The zero-order valence-corrected chi connectivity index (χ0v) is 15.6. The van der Waals surface area contributed by atoms with Crippen molar-refractivity contribution in [2.45, 2.75) is 26.9 Å². The number of H-pyrrole nitrogens is 1. The van der Waals surface area contributed by atoms with E-state index in [4.69, 9.17) is 26.8 Å². The van der Waals surface area contributed by atoms with Gasteiger partial charge in [0.2, 0.25) is 5.78 Å². The molecule has 1 heterocycles. The number of rotatable bonds is 5. The van der Waals surface area contributed by atoms with Crippen molar-refractivity contribution < 1.29 is 23.9 Å². The molecule has 0 saturated carbocycles. The van der Waals surface area contributed by atoms with Crippen LogP contribution < -0.4 is 5.73 Å². The largest absolute Gasteiger partial charge is 0.465 e. The van der Waals surface area contributed by atoms with Crippen molar-refractivity contribution in [3.8, 4) is 0 Å². The normalized spacial score (nSPS) is 11.7. The molecule has 138 valence electrons. The Morgan fingerprint density at radius 1 is 1.19 bits per heavy atom. The lowest BCUT2D eigenvalue weighted by Crippen LogP contribution is -2.25. The Morgan fingerprint density at radius 2 is 1.85 bits per heavy atom. The first-order valence-electron chi connectivity index (χ1n) is 7.75. The topological polar surface area (TPSA) is 111 Å². The first-order valence-corrected chi connectivity index (χ1v) is 8.12.